The van der Waals surface area contributed by atoms with Crippen molar-refractivity contribution < 1.29 is 5.02 Å². The highest BCUT2D eigenvalue weighted by molar-refractivity contribution is 7.13. The molecule has 0 aliphatic rings. The lowest BCUT2D eigenvalue weighted by Gasteiger charge is -2.19. The van der Waals surface area contributed by atoms with Gasteiger partial charge < -0.3 is 5.02 Å². The van der Waals surface area contributed by atoms with Crippen molar-refractivity contribution in [1.29, 1.82) is 0 Å². The van der Waals surface area contributed by atoms with Gasteiger partial charge in [0.2, 0.25) is 0 Å². The minimum Gasteiger partial charge on any atom is -0.454 e. The number of hydrogen-bond donors (Lipinski definition) is 1. The molecule has 72 valence electrons. The summed E-state index contributed by atoms with van der Waals surface area (Å²) in [4.78, 5) is 0. The predicted octanol–water partition coefficient (Wildman–Crippen LogP) is 1.42. The van der Waals surface area contributed by atoms with Gasteiger partial charge in [-0.1, -0.05) is 42.5 Å². The lowest BCUT2D eigenvalue weighted by Crippen LogP contribution is -2.20. The van der Waals surface area contributed by atoms with E-state index in [1.54, 1.807) is 0 Å². The molecule has 1 N–H and O–H groups in total. The third-order valence-electron chi connectivity index (χ3n) is 2.12. The maximum absolute atomic E-state index is 9.06. The van der Waals surface area contributed by atoms with Crippen LogP contribution in [0.15, 0.2) is 0 Å². The quantitative estimate of drug-likeness (QED) is 0.483. The second kappa shape index (κ2) is 8.03. The summed E-state index contributed by atoms with van der Waals surface area (Å²) in [6, 6.07) is 0. The van der Waals surface area contributed by atoms with Crippen molar-refractivity contribution in [2.75, 3.05) is 13.1 Å². The van der Waals surface area contributed by atoms with E-state index in [1.165, 1.54) is 12.8 Å². The van der Waals surface area contributed by atoms with Crippen LogP contribution in [0.25, 0.3) is 0 Å². The Hall–Kier alpha value is 0.415. The van der Waals surface area contributed by atoms with Gasteiger partial charge in [-0.25, -0.2) is 0 Å². The Morgan fingerprint density at radius 1 is 1.50 bits per heavy atom. The first kappa shape index (κ1) is 12.4. The number of hydrogen-bond acceptors (Lipinski definition) is 2. The third-order valence-corrected chi connectivity index (χ3v) is 2.70. The summed E-state index contributed by atoms with van der Waals surface area (Å²) in [6.07, 6.45) is 3.60. The maximum Gasteiger partial charge on any atom is 0.275 e. The van der Waals surface area contributed by atoms with E-state index >= 15 is 0 Å². The monoisotopic (exact) mass is 189 g/mol. The predicted molar refractivity (Wildman–Crippen MR) is 59.6 cm³/mol. The van der Waals surface area contributed by atoms with Crippen molar-refractivity contribution >= 4 is 16.9 Å². The Kier molecular flexibility index (Phi) is 8.31. The molecule has 0 aromatic rings. The molecule has 2 nitrogen and oxygen atoms in total. The van der Waals surface area contributed by atoms with Crippen molar-refractivity contribution in [3.63, 3.8) is 0 Å². The van der Waals surface area contributed by atoms with Gasteiger partial charge in [0, 0.05) is 6.54 Å². The summed E-state index contributed by atoms with van der Waals surface area (Å²) in [7, 11) is 3.02. The number of rotatable bonds is 7. The summed E-state index contributed by atoms with van der Waals surface area (Å²) in [5.41, 5.74) is 0. The zero-order valence-corrected chi connectivity index (χ0v) is 9.45. The summed E-state index contributed by atoms with van der Waals surface area (Å²) < 4.78 is 2.18. The van der Waals surface area contributed by atoms with Gasteiger partial charge in [0.1, 0.15) is 0 Å². The summed E-state index contributed by atoms with van der Waals surface area (Å²) >= 11 is 0. The molecule has 0 heterocycles. The van der Waals surface area contributed by atoms with Crippen LogP contribution in [0.5, 0.6) is 0 Å². The van der Waals surface area contributed by atoms with Gasteiger partial charge in [0.15, 0.2) is 0 Å². The summed E-state index contributed by atoms with van der Waals surface area (Å²) in [5, 5.41) is 9.06. The van der Waals surface area contributed by atoms with Gasteiger partial charge in [0.05, 0.1) is 0 Å². The molecule has 0 saturated heterocycles. The molecule has 0 fully saturated rings. The Morgan fingerprint density at radius 3 is 2.58 bits per heavy atom. The fraction of sp³-hybridized carbons (Fsp3) is 1.00. The fourth-order valence-corrected chi connectivity index (χ4v) is 1.49. The van der Waals surface area contributed by atoms with Gasteiger partial charge in [-0.3, -0.25) is 4.67 Å². The van der Waals surface area contributed by atoms with Crippen molar-refractivity contribution in [3.8, 4) is 0 Å². The minimum absolute atomic E-state index is 0.324. The van der Waals surface area contributed by atoms with Crippen LogP contribution in [0.3, 0.4) is 0 Å². The molecule has 0 aromatic heterocycles. The number of unbranched alkanes of at least 4 members (excludes halogenated alkanes) is 1. The molecule has 4 heteroatoms. The van der Waals surface area contributed by atoms with Crippen LogP contribution >= 0.6 is 9.39 Å². The van der Waals surface area contributed by atoms with Crippen molar-refractivity contribution in [1.82, 2.24) is 4.67 Å². The van der Waals surface area contributed by atoms with Crippen LogP contribution in [0.1, 0.15) is 33.1 Å². The van der Waals surface area contributed by atoms with E-state index in [0.717, 1.165) is 19.5 Å². The summed E-state index contributed by atoms with van der Waals surface area (Å²) in [6.45, 7) is 6.35. The average Bonchev–Trinajstić information content (AvgIpc) is 2.11. The smallest absolute Gasteiger partial charge is 0.275 e. The number of nitrogens with zero attached hydrogens (tertiary/aromatic N) is 1. The normalized spacial score (nSPS) is 13.4. The molecule has 0 aliphatic carbocycles. The highest BCUT2D eigenvalue weighted by atomic mass is 31.0. The molecule has 12 heavy (non-hydrogen) atoms. The zero-order chi connectivity index (χ0) is 9.40. The molecular weight excluding hydrogens is 168 g/mol. The lowest BCUT2D eigenvalue weighted by molar-refractivity contribution is 0.443. The van der Waals surface area contributed by atoms with Crippen molar-refractivity contribution in [3.05, 3.63) is 0 Å². The fourth-order valence-electron chi connectivity index (χ4n) is 1.19. The van der Waals surface area contributed by atoms with E-state index in [-0.39, 0.29) is 0 Å². The lowest BCUT2D eigenvalue weighted by atomic mass is 9.77. The first-order valence-corrected chi connectivity index (χ1v) is 5.36. The van der Waals surface area contributed by atoms with E-state index in [0.29, 0.717) is 13.3 Å². The first-order valence-electron chi connectivity index (χ1n) is 4.85. The third kappa shape index (κ3) is 5.99. The standard InChI is InChI=1S/C8H21BNOP/c1-3-5-6-8(9-11)7-10(12)4-2/h8-9,11H,3-7,12H2,1-2H3. The van der Waals surface area contributed by atoms with Crippen LogP contribution in [-0.2, 0) is 0 Å². The Labute approximate surface area is 79.3 Å². The molecular formula is C8H21BNOP. The molecule has 0 saturated carbocycles. The first-order chi connectivity index (χ1) is 5.74. The molecule has 0 amide bonds. The van der Waals surface area contributed by atoms with Crippen molar-refractivity contribution in [2.45, 2.75) is 38.9 Å². The molecule has 0 aliphatic heterocycles. The molecule has 2 unspecified atom stereocenters. The largest absolute Gasteiger partial charge is 0.454 e. The van der Waals surface area contributed by atoms with Gasteiger partial charge in [-0.05, 0) is 12.4 Å². The molecule has 0 bridgehead atoms. The SMILES string of the molecule is CCCCC(BO)CN(P)CC. The average molecular weight is 189 g/mol. The van der Waals surface area contributed by atoms with E-state index in [4.69, 9.17) is 5.02 Å². The topological polar surface area (TPSA) is 23.5 Å². The second-order valence-corrected chi connectivity index (χ2v) is 4.01. The molecule has 0 radical (unpaired) electrons. The Balaban J connectivity index is 3.51. The second-order valence-electron chi connectivity index (χ2n) is 3.28. The van der Waals surface area contributed by atoms with Crippen LogP contribution in [0, 0.1) is 0 Å². The van der Waals surface area contributed by atoms with Gasteiger partial charge in [0.25, 0.3) is 7.48 Å². The zero-order valence-electron chi connectivity index (χ0n) is 8.29. The van der Waals surface area contributed by atoms with Gasteiger partial charge >= 0.3 is 0 Å². The van der Waals surface area contributed by atoms with Gasteiger partial charge in [-0.15, -0.1) is 0 Å². The highest BCUT2D eigenvalue weighted by Gasteiger charge is 2.10. The van der Waals surface area contributed by atoms with Gasteiger partial charge in [-0.2, -0.15) is 0 Å². The molecule has 0 rings (SSSR count). The summed E-state index contributed by atoms with van der Waals surface area (Å²) in [5.74, 6) is 0.461. The molecule has 0 aromatic carbocycles. The Morgan fingerprint density at radius 2 is 2.17 bits per heavy atom. The van der Waals surface area contributed by atoms with Crippen LogP contribution in [0.4, 0.5) is 0 Å². The van der Waals surface area contributed by atoms with E-state index < -0.39 is 0 Å². The van der Waals surface area contributed by atoms with E-state index in [9.17, 15) is 0 Å². The van der Waals surface area contributed by atoms with Crippen LogP contribution in [-0.4, -0.2) is 30.3 Å². The van der Waals surface area contributed by atoms with Crippen molar-refractivity contribution in [2.24, 2.45) is 0 Å². The van der Waals surface area contributed by atoms with Crippen LogP contribution in [0.2, 0.25) is 5.82 Å². The van der Waals surface area contributed by atoms with E-state index in [1.807, 2.05) is 0 Å². The molecule has 0 spiro atoms. The molecule has 2 atom stereocenters. The van der Waals surface area contributed by atoms with Crippen LogP contribution < -0.4 is 0 Å². The van der Waals surface area contributed by atoms with E-state index in [2.05, 4.69) is 27.9 Å². The highest BCUT2D eigenvalue weighted by Crippen LogP contribution is 2.16. The maximum atomic E-state index is 9.06. The Bertz CT molecular complexity index is 105. The minimum atomic E-state index is 0.324.